The summed E-state index contributed by atoms with van der Waals surface area (Å²) in [6.45, 7) is 1.73. The van der Waals surface area contributed by atoms with Crippen LogP contribution >= 0.6 is 0 Å². The standard InChI is InChI=1S/C11H16N4O5S/c1-2-9-11(18)12-3-4-15(9)21(19,20)8-5-13-14(6-8)7-10(16)17/h5-6,9H,2-4,7H2,1H3,(H,12,18)(H,16,17). The van der Waals surface area contributed by atoms with Crippen LogP contribution in [0.15, 0.2) is 17.3 Å². The van der Waals surface area contributed by atoms with Gasteiger partial charge in [-0.05, 0) is 6.42 Å². The normalized spacial score (nSPS) is 20.2. The first-order valence-corrected chi connectivity index (χ1v) is 7.84. The maximum Gasteiger partial charge on any atom is 0.325 e. The van der Waals surface area contributed by atoms with Gasteiger partial charge < -0.3 is 10.4 Å². The highest BCUT2D eigenvalue weighted by atomic mass is 32.2. The molecule has 2 N–H and O–H groups in total. The molecule has 0 spiro atoms. The van der Waals surface area contributed by atoms with Crippen LogP contribution in [0.1, 0.15) is 13.3 Å². The number of hydrogen-bond donors (Lipinski definition) is 2. The molecule has 1 aliphatic rings. The van der Waals surface area contributed by atoms with E-state index >= 15 is 0 Å². The minimum absolute atomic E-state index is 0.114. The molecule has 1 unspecified atom stereocenters. The van der Waals surface area contributed by atoms with Crippen LogP contribution in [-0.4, -0.2) is 58.6 Å². The van der Waals surface area contributed by atoms with Gasteiger partial charge in [-0.3, -0.25) is 14.3 Å². The summed E-state index contributed by atoms with van der Waals surface area (Å²) < 4.78 is 27.3. The summed E-state index contributed by atoms with van der Waals surface area (Å²) in [6.07, 6.45) is 2.61. The average molecular weight is 316 g/mol. The number of carboxylic acids is 1. The van der Waals surface area contributed by atoms with Gasteiger partial charge in [0.2, 0.25) is 15.9 Å². The van der Waals surface area contributed by atoms with Crippen LogP contribution in [0.4, 0.5) is 0 Å². The predicted molar refractivity (Wildman–Crippen MR) is 70.8 cm³/mol. The fourth-order valence-corrected chi connectivity index (χ4v) is 3.83. The van der Waals surface area contributed by atoms with Crippen molar-refractivity contribution in [3.8, 4) is 0 Å². The van der Waals surface area contributed by atoms with Crippen molar-refractivity contribution in [1.29, 1.82) is 0 Å². The highest BCUT2D eigenvalue weighted by Gasteiger charge is 2.37. The topological polar surface area (TPSA) is 122 Å². The number of aliphatic carboxylic acids is 1. The molecular formula is C11H16N4O5S. The Morgan fingerprint density at radius 1 is 1.57 bits per heavy atom. The minimum atomic E-state index is -3.87. The average Bonchev–Trinajstić information content (AvgIpc) is 2.86. The zero-order valence-electron chi connectivity index (χ0n) is 11.4. The summed E-state index contributed by atoms with van der Waals surface area (Å²) in [7, 11) is -3.87. The molecular weight excluding hydrogens is 300 g/mol. The quantitative estimate of drug-likeness (QED) is 0.708. The van der Waals surface area contributed by atoms with Gasteiger partial charge >= 0.3 is 5.97 Å². The zero-order chi connectivity index (χ0) is 15.6. The van der Waals surface area contributed by atoms with Crippen molar-refractivity contribution in [3.63, 3.8) is 0 Å². The van der Waals surface area contributed by atoms with Gasteiger partial charge in [0.1, 0.15) is 17.5 Å². The number of piperazine rings is 1. The zero-order valence-corrected chi connectivity index (χ0v) is 12.2. The molecule has 1 amide bonds. The van der Waals surface area contributed by atoms with E-state index in [0.29, 0.717) is 6.42 Å². The van der Waals surface area contributed by atoms with E-state index in [1.807, 2.05) is 0 Å². The molecule has 1 atom stereocenters. The van der Waals surface area contributed by atoms with Gasteiger partial charge in [-0.2, -0.15) is 9.40 Å². The molecule has 1 aromatic heterocycles. The number of nitrogens with zero attached hydrogens (tertiary/aromatic N) is 3. The molecule has 0 aliphatic carbocycles. The molecule has 1 saturated heterocycles. The summed E-state index contributed by atoms with van der Waals surface area (Å²) in [5.41, 5.74) is 0. The Morgan fingerprint density at radius 2 is 2.29 bits per heavy atom. The van der Waals surface area contributed by atoms with E-state index in [1.165, 1.54) is 0 Å². The second-order valence-corrected chi connectivity index (χ2v) is 6.49. The van der Waals surface area contributed by atoms with Crippen molar-refractivity contribution in [1.82, 2.24) is 19.4 Å². The lowest BCUT2D eigenvalue weighted by molar-refractivity contribution is -0.137. The molecule has 0 radical (unpaired) electrons. The Hall–Kier alpha value is -1.94. The molecule has 0 saturated carbocycles. The van der Waals surface area contributed by atoms with Crippen molar-refractivity contribution in [3.05, 3.63) is 12.4 Å². The summed E-state index contributed by atoms with van der Waals surface area (Å²) in [5.74, 6) is -1.45. The van der Waals surface area contributed by atoms with E-state index in [-0.39, 0.29) is 23.9 Å². The molecule has 0 bridgehead atoms. The van der Waals surface area contributed by atoms with Crippen molar-refractivity contribution in [2.75, 3.05) is 13.1 Å². The van der Waals surface area contributed by atoms with Crippen LogP contribution in [0.25, 0.3) is 0 Å². The Bertz CT molecular complexity index is 653. The number of carbonyl (C=O) groups excluding carboxylic acids is 1. The number of aromatic nitrogens is 2. The summed E-state index contributed by atoms with van der Waals surface area (Å²) in [4.78, 5) is 22.2. The molecule has 0 aromatic carbocycles. The Labute approximate surface area is 121 Å². The third-order valence-corrected chi connectivity index (χ3v) is 5.04. The fourth-order valence-electron chi connectivity index (χ4n) is 2.21. The van der Waals surface area contributed by atoms with E-state index in [0.717, 1.165) is 21.4 Å². The second kappa shape index (κ2) is 5.82. The van der Waals surface area contributed by atoms with E-state index in [9.17, 15) is 18.0 Å². The minimum Gasteiger partial charge on any atom is -0.480 e. The van der Waals surface area contributed by atoms with Crippen molar-refractivity contribution >= 4 is 21.9 Å². The first-order valence-electron chi connectivity index (χ1n) is 6.40. The Morgan fingerprint density at radius 3 is 2.90 bits per heavy atom. The van der Waals surface area contributed by atoms with Gasteiger partial charge in [-0.25, -0.2) is 8.42 Å². The smallest absolute Gasteiger partial charge is 0.325 e. The third-order valence-electron chi connectivity index (χ3n) is 3.18. The Kier molecular flexibility index (Phi) is 4.28. The number of amides is 1. The lowest BCUT2D eigenvalue weighted by Crippen LogP contribution is -2.56. The van der Waals surface area contributed by atoms with Crippen molar-refractivity contribution < 1.29 is 23.1 Å². The molecule has 1 aliphatic heterocycles. The van der Waals surface area contributed by atoms with Gasteiger partial charge in [0.05, 0.1) is 6.20 Å². The van der Waals surface area contributed by atoms with Gasteiger partial charge in [-0.15, -0.1) is 0 Å². The number of rotatable bonds is 5. The maximum atomic E-state index is 12.5. The predicted octanol–water partition coefficient (Wildman–Crippen LogP) is -1.13. The van der Waals surface area contributed by atoms with E-state index in [4.69, 9.17) is 5.11 Å². The van der Waals surface area contributed by atoms with E-state index in [1.54, 1.807) is 6.92 Å². The van der Waals surface area contributed by atoms with Crippen molar-refractivity contribution in [2.45, 2.75) is 30.8 Å². The molecule has 1 aromatic rings. The number of sulfonamides is 1. The van der Waals surface area contributed by atoms with Crippen LogP contribution in [0.5, 0.6) is 0 Å². The molecule has 2 rings (SSSR count). The highest BCUT2D eigenvalue weighted by molar-refractivity contribution is 7.89. The molecule has 1 fully saturated rings. The van der Waals surface area contributed by atoms with E-state index in [2.05, 4.69) is 10.4 Å². The lowest BCUT2D eigenvalue weighted by Gasteiger charge is -2.32. The number of hydrogen-bond acceptors (Lipinski definition) is 5. The first-order chi connectivity index (χ1) is 9.86. The van der Waals surface area contributed by atoms with Crippen LogP contribution in [0.2, 0.25) is 0 Å². The van der Waals surface area contributed by atoms with Gasteiger partial charge in [0.15, 0.2) is 0 Å². The molecule has 9 nitrogen and oxygen atoms in total. The molecule has 2 heterocycles. The fraction of sp³-hybridized carbons (Fsp3) is 0.545. The largest absolute Gasteiger partial charge is 0.480 e. The first kappa shape index (κ1) is 15.4. The van der Waals surface area contributed by atoms with Crippen LogP contribution in [0.3, 0.4) is 0 Å². The molecule has 10 heteroatoms. The number of carboxylic acid groups (broad SMARTS) is 1. The summed E-state index contributed by atoms with van der Waals surface area (Å²) in [5, 5.41) is 15.0. The van der Waals surface area contributed by atoms with Crippen molar-refractivity contribution in [2.24, 2.45) is 0 Å². The summed E-state index contributed by atoms with van der Waals surface area (Å²) in [6, 6.07) is -0.758. The van der Waals surface area contributed by atoms with Crippen LogP contribution < -0.4 is 5.32 Å². The van der Waals surface area contributed by atoms with Gasteiger partial charge in [0.25, 0.3) is 0 Å². The Balaban J connectivity index is 2.30. The van der Waals surface area contributed by atoms with Gasteiger partial charge in [0, 0.05) is 19.3 Å². The third kappa shape index (κ3) is 3.05. The number of nitrogens with one attached hydrogen (secondary N) is 1. The number of carbonyl (C=O) groups is 2. The van der Waals surface area contributed by atoms with Gasteiger partial charge in [-0.1, -0.05) is 6.92 Å². The molecule has 21 heavy (non-hydrogen) atoms. The highest BCUT2D eigenvalue weighted by Crippen LogP contribution is 2.20. The summed E-state index contributed by atoms with van der Waals surface area (Å²) >= 11 is 0. The van der Waals surface area contributed by atoms with Crippen LogP contribution in [-0.2, 0) is 26.2 Å². The second-order valence-electron chi connectivity index (χ2n) is 4.60. The maximum absolute atomic E-state index is 12.5. The lowest BCUT2D eigenvalue weighted by atomic mass is 10.2. The van der Waals surface area contributed by atoms with E-state index < -0.39 is 28.6 Å². The molecule has 116 valence electrons. The monoisotopic (exact) mass is 316 g/mol. The SMILES string of the molecule is CCC1C(=O)NCCN1S(=O)(=O)c1cnn(CC(=O)O)c1. The van der Waals surface area contributed by atoms with Crippen LogP contribution in [0, 0.1) is 0 Å².